The Morgan fingerprint density at radius 3 is 1.87 bits per heavy atom. The lowest BCUT2D eigenvalue weighted by Crippen LogP contribution is -2.48. The van der Waals surface area contributed by atoms with Gasteiger partial charge in [0.1, 0.15) is 0 Å². The average molecular weight is 435 g/mol. The van der Waals surface area contributed by atoms with Gasteiger partial charge in [0.15, 0.2) is 0 Å². The summed E-state index contributed by atoms with van der Waals surface area (Å²) in [5.41, 5.74) is 5.67. The molecule has 2 aromatic carbocycles. The van der Waals surface area contributed by atoms with Crippen molar-refractivity contribution in [2.45, 2.75) is 25.1 Å². The van der Waals surface area contributed by atoms with Gasteiger partial charge in [0.05, 0.1) is 0 Å². The summed E-state index contributed by atoms with van der Waals surface area (Å²) in [7, 11) is -0.363. The summed E-state index contributed by atoms with van der Waals surface area (Å²) in [6.45, 7) is 3.72. The molecule has 1 fully saturated rings. The van der Waals surface area contributed by atoms with Gasteiger partial charge < -0.3 is 9.83 Å². The Bertz CT molecular complexity index is 716. The van der Waals surface area contributed by atoms with Crippen molar-refractivity contribution >= 4 is 38.9 Å². The van der Waals surface area contributed by atoms with Crippen molar-refractivity contribution < 1.29 is 5.02 Å². The molecule has 1 aliphatic heterocycles. The first-order valence-electron chi connectivity index (χ1n) is 8.04. The van der Waals surface area contributed by atoms with E-state index in [2.05, 4.69) is 73.1 Å². The van der Waals surface area contributed by atoms with Gasteiger partial charge in [0, 0.05) is 14.4 Å². The van der Waals surface area contributed by atoms with Crippen molar-refractivity contribution in [3.63, 3.8) is 0 Å². The molecule has 0 atom stereocenters. The van der Waals surface area contributed by atoms with Gasteiger partial charge in [0.25, 0.3) is 0 Å². The fraction of sp³-hybridized carbons (Fsp3) is 0.333. The normalized spacial score (nSPS) is 18.8. The molecule has 1 spiro atoms. The van der Waals surface area contributed by atoms with E-state index in [0.29, 0.717) is 0 Å². The molecule has 2 nitrogen and oxygen atoms in total. The van der Waals surface area contributed by atoms with E-state index >= 15 is 0 Å². The Hall–Kier alpha value is -0.615. The number of piperidine rings is 1. The van der Waals surface area contributed by atoms with Crippen molar-refractivity contribution in [3.8, 4) is 11.1 Å². The summed E-state index contributed by atoms with van der Waals surface area (Å²) in [5.74, 6) is 0. The van der Waals surface area contributed by atoms with Crippen LogP contribution in [0.3, 0.4) is 0 Å². The number of halogens is 2. The minimum Gasteiger partial charge on any atom is -0.437 e. The highest BCUT2D eigenvalue weighted by Gasteiger charge is 2.45. The quantitative estimate of drug-likeness (QED) is 0.658. The smallest absolute Gasteiger partial charge is 0.376 e. The van der Waals surface area contributed by atoms with Gasteiger partial charge in [-0.3, -0.25) is 0 Å². The number of hydrogen-bond acceptors (Lipinski definition) is 2. The van der Waals surface area contributed by atoms with Crippen molar-refractivity contribution in [2.24, 2.45) is 0 Å². The topological polar surface area (TPSA) is 23.5 Å². The van der Waals surface area contributed by atoms with Gasteiger partial charge in [-0.1, -0.05) is 44.0 Å². The number of nitrogens with zero attached hydrogens (tertiary/aromatic N) is 1. The summed E-state index contributed by atoms with van der Waals surface area (Å²) >= 11 is 7.30. The Labute approximate surface area is 154 Å². The number of fused-ring (bicyclic) bond motifs is 5. The van der Waals surface area contributed by atoms with Gasteiger partial charge in [-0.05, 0) is 79.3 Å². The first kappa shape index (κ1) is 15.9. The Morgan fingerprint density at radius 1 is 0.957 bits per heavy atom. The predicted octanol–water partition coefficient (Wildman–Crippen LogP) is 4.68. The molecule has 2 aliphatic rings. The van der Waals surface area contributed by atoms with Gasteiger partial charge in [0.2, 0.25) is 0 Å². The molecule has 0 unspecified atom stereocenters. The predicted molar refractivity (Wildman–Crippen MR) is 103 cm³/mol. The van der Waals surface area contributed by atoms with Crippen molar-refractivity contribution in [1.82, 2.24) is 4.81 Å². The maximum Gasteiger partial charge on any atom is 0.376 e. The van der Waals surface area contributed by atoms with Crippen LogP contribution in [0.15, 0.2) is 45.3 Å². The molecule has 1 saturated heterocycles. The molecule has 0 aromatic heterocycles. The Kier molecular flexibility index (Phi) is 3.96. The largest absolute Gasteiger partial charge is 0.437 e. The molecular weight excluding hydrogens is 417 g/mol. The molecule has 1 heterocycles. The summed E-state index contributed by atoms with van der Waals surface area (Å²) in [4.78, 5) is 2.17. The molecule has 4 rings (SSSR count). The lowest BCUT2D eigenvalue weighted by Gasteiger charge is -2.41. The fourth-order valence-electron chi connectivity index (χ4n) is 4.26. The summed E-state index contributed by atoms with van der Waals surface area (Å²) in [5, 5.41) is 9.90. The minimum absolute atomic E-state index is 0.0730. The SMILES string of the molecule is CB(O)N1CCC2(CC1)c1cc(Br)ccc1-c1ccc(Br)cc12. The molecule has 5 heteroatoms. The third-order valence-corrected chi connectivity index (χ3v) is 6.45. The monoisotopic (exact) mass is 433 g/mol. The number of hydrogen-bond donors (Lipinski definition) is 1. The summed E-state index contributed by atoms with van der Waals surface area (Å²) in [6.07, 6.45) is 2.09. The third kappa shape index (κ3) is 2.44. The first-order chi connectivity index (χ1) is 11.0. The van der Waals surface area contributed by atoms with E-state index in [-0.39, 0.29) is 12.5 Å². The van der Waals surface area contributed by atoms with Crippen LogP contribution in [0.1, 0.15) is 24.0 Å². The van der Waals surface area contributed by atoms with E-state index in [0.717, 1.165) is 34.9 Å². The van der Waals surface area contributed by atoms with Crippen LogP contribution < -0.4 is 0 Å². The van der Waals surface area contributed by atoms with E-state index in [1.54, 1.807) is 0 Å². The van der Waals surface area contributed by atoms with E-state index in [4.69, 9.17) is 0 Å². The van der Waals surface area contributed by atoms with Crippen LogP contribution in [0, 0.1) is 0 Å². The maximum absolute atomic E-state index is 9.90. The van der Waals surface area contributed by atoms with Gasteiger partial charge in [-0.25, -0.2) is 0 Å². The highest BCUT2D eigenvalue weighted by molar-refractivity contribution is 9.10. The van der Waals surface area contributed by atoms with Crippen LogP contribution in [-0.2, 0) is 5.41 Å². The third-order valence-electron chi connectivity index (χ3n) is 5.46. The fourth-order valence-corrected chi connectivity index (χ4v) is 4.98. The minimum atomic E-state index is -0.363. The van der Waals surface area contributed by atoms with Crippen LogP contribution in [0.25, 0.3) is 11.1 Å². The second kappa shape index (κ2) is 5.73. The standard InChI is InChI=1S/C18H18BBr2NO/c1-19(23)22-8-6-18(7-9-22)16-10-12(20)2-4-14(16)15-5-3-13(21)11-17(15)18/h2-5,10-11,23H,6-9H2,1H3. The molecule has 1 aliphatic carbocycles. The Morgan fingerprint density at radius 2 is 1.43 bits per heavy atom. The highest BCUT2D eigenvalue weighted by atomic mass is 79.9. The number of benzene rings is 2. The summed E-state index contributed by atoms with van der Waals surface area (Å²) < 4.78 is 2.28. The van der Waals surface area contributed by atoms with E-state index in [1.807, 2.05) is 6.82 Å². The maximum atomic E-state index is 9.90. The van der Waals surface area contributed by atoms with Gasteiger partial charge in [-0.15, -0.1) is 0 Å². The number of rotatable bonds is 1. The van der Waals surface area contributed by atoms with Gasteiger partial charge >= 0.3 is 7.05 Å². The lowest BCUT2D eigenvalue weighted by atomic mass is 9.68. The molecule has 0 radical (unpaired) electrons. The zero-order valence-electron chi connectivity index (χ0n) is 13.0. The molecule has 118 valence electrons. The lowest BCUT2D eigenvalue weighted by molar-refractivity contribution is 0.247. The molecule has 0 saturated carbocycles. The first-order valence-corrected chi connectivity index (χ1v) is 9.62. The van der Waals surface area contributed by atoms with Crippen molar-refractivity contribution in [1.29, 1.82) is 0 Å². The van der Waals surface area contributed by atoms with Crippen LogP contribution in [0.2, 0.25) is 6.82 Å². The summed E-state index contributed by atoms with van der Waals surface area (Å²) in [6, 6.07) is 13.3. The molecule has 2 aromatic rings. The molecule has 1 N–H and O–H groups in total. The van der Waals surface area contributed by atoms with Crippen molar-refractivity contribution in [2.75, 3.05) is 13.1 Å². The van der Waals surface area contributed by atoms with Crippen molar-refractivity contribution in [3.05, 3.63) is 56.5 Å². The Balaban J connectivity index is 1.87. The molecule has 23 heavy (non-hydrogen) atoms. The van der Waals surface area contributed by atoms with E-state index in [1.165, 1.54) is 22.3 Å². The molecular formula is C18H18BBr2NO. The van der Waals surface area contributed by atoms with Crippen LogP contribution in [0.5, 0.6) is 0 Å². The second-order valence-electron chi connectivity index (χ2n) is 6.63. The molecule has 0 bridgehead atoms. The van der Waals surface area contributed by atoms with E-state index < -0.39 is 0 Å². The van der Waals surface area contributed by atoms with Gasteiger partial charge in [-0.2, -0.15) is 0 Å². The zero-order chi connectivity index (χ0) is 16.2. The van der Waals surface area contributed by atoms with Crippen LogP contribution in [-0.4, -0.2) is 30.0 Å². The zero-order valence-corrected chi connectivity index (χ0v) is 16.2. The van der Waals surface area contributed by atoms with Crippen LogP contribution in [0.4, 0.5) is 0 Å². The van der Waals surface area contributed by atoms with E-state index in [9.17, 15) is 5.02 Å². The second-order valence-corrected chi connectivity index (χ2v) is 8.46. The molecule has 0 amide bonds. The highest BCUT2D eigenvalue weighted by Crippen LogP contribution is 2.55. The van der Waals surface area contributed by atoms with Crippen LogP contribution >= 0.6 is 31.9 Å². The average Bonchev–Trinajstić information content (AvgIpc) is 2.78.